The van der Waals surface area contributed by atoms with Crippen molar-refractivity contribution in [2.24, 2.45) is 0 Å². The molecule has 0 atom stereocenters. The number of thiophene rings is 2. The highest BCUT2D eigenvalue weighted by atomic mass is 32.1. The smallest absolute Gasteiger partial charge is 0.220 e. The van der Waals surface area contributed by atoms with Gasteiger partial charge in [-0.2, -0.15) is 11.3 Å². The zero-order valence-corrected chi connectivity index (χ0v) is 16.0. The zero-order valence-electron chi connectivity index (χ0n) is 14.4. The number of methoxy groups -OCH3 is 1. The molecule has 0 fully saturated rings. The molecular formula is C20H19NO3S2. The van der Waals surface area contributed by atoms with Crippen molar-refractivity contribution in [3.05, 3.63) is 74.1 Å². The van der Waals surface area contributed by atoms with Gasteiger partial charge in [-0.3, -0.25) is 9.59 Å². The van der Waals surface area contributed by atoms with Gasteiger partial charge in [0.05, 0.1) is 18.5 Å². The Labute approximate surface area is 160 Å². The topological polar surface area (TPSA) is 55.4 Å². The first-order valence-electron chi connectivity index (χ1n) is 8.21. The number of nitrogens with one attached hydrogen (secondary N) is 1. The number of rotatable bonds is 8. The fraction of sp³-hybridized carbons (Fsp3) is 0.200. The largest absolute Gasteiger partial charge is 0.497 e. The zero-order chi connectivity index (χ0) is 18.4. The number of hydrogen-bond donors (Lipinski definition) is 1. The quantitative estimate of drug-likeness (QED) is 0.588. The lowest BCUT2D eigenvalue weighted by Gasteiger charge is -2.05. The Bertz CT molecular complexity index is 867. The summed E-state index contributed by atoms with van der Waals surface area (Å²) in [5.41, 5.74) is 1.81. The Balaban J connectivity index is 1.46. The molecule has 0 radical (unpaired) electrons. The minimum Gasteiger partial charge on any atom is -0.497 e. The van der Waals surface area contributed by atoms with Crippen LogP contribution in [0.15, 0.2) is 53.2 Å². The maximum atomic E-state index is 12.3. The number of benzene rings is 1. The second-order valence-electron chi connectivity index (χ2n) is 5.73. The minimum absolute atomic E-state index is 0.0000656. The Morgan fingerprint density at radius 3 is 2.58 bits per heavy atom. The van der Waals surface area contributed by atoms with Crippen molar-refractivity contribution >= 4 is 34.4 Å². The third-order valence-corrected chi connectivity index (χ3v) is 5.70. The van der Waals surface area contributed by atoms with Crippen LogP contribution in [0.3, 0.4) is 0 Å². The van der Waals surface area contributed by atoms with Gasteiger partial charge in [-0.1, -0.05) is 12.1 Å². The molecule has 3 aromatic rings. The summed E-state index contributed by atoms with van der Waals surface area (Å²) in [6, 6.07) is 13.3. The van der Waals surface area contributed by atoms with Gasteiger partial charge in [0.2, 0.25) is 11.7 Å². The predicted octanol–water partition coefficient (Wildman–Crippen LogP) is 4.30. The summed E-state index contributed by atoms with van der Waals surface area (Å²) >= 11 is 2.94. The average molecular weight is 386 g/mol. The van der Waals surface area contributed by atoms with E-state index in [1.807, 2.05) is 53.2 Å². The summed E-state index contributed by atoms with van der Waals surface area (Å²) in [5, 5.41) is 6.66. The molecule has 0 bridgehead atoms. The van der Waals surface area contributed by atoms with Crippen molar-refractivity contribution in [2.45, 2.75) is 19.4 Å². The van der Waals surface area contributed by atoms with Crippen LogP contribution in [0.25, 0.3) is 0 Å². The average Bonchev–Trinajstić information content (AvgIpc) is 3.36. The lowest BCUT2D eigenvalue weighted by molar-refractivity contribution is -0.121. The molecule has 0 aliphatic rings. The van der Waals surface area contributed by atoms with Crippen LogP contribution in [0.2, 0.25) is 0 Å². The lowest BCUT2D eigenvalue weighted by atomic mass is 10.1. The third-order valence-electron chi connectivity index (χ3n) is 3.93. The second-order valence-corrected chi connectivity index (χ2v) is 7.68. The summed E-state index contributed by atoms with van der Waals surface area (Å²) < 4.78 is 5.12. The summed E-state index contributed by atoms with van der Waals surface area (Å²) in [6.45, 7) is 0.447. The van der Waals surface area contributed by atoms with Gasteiger partial charge in [0.25, 0.3) is 0 Å². The van der Waals surface area contributed by atoms with Crippen LogP contribution >= 0.6 is 22.7 Å². The van der Waals surface area contributed by atoms with Gasteiger partial charge in [-0.05, 0) is 47.7 Å². The van der Waals surface area contributed by atoms with Crippen molar-refractivity contribution in [3.8, 4) is 5.75 Å². The standard InChI is InChI=1S/C20H19NO3S2/c1-24-16-5-2-14(3-6-16)4-9-19(22)21-12-17-7-8-18(26-17)20(23)15-10-11-25-13-15/h2-3,5-8,10-11,13H,4,9,12H2,1H3,(H,21,22). The van der Waals surface area contributed by atoms with Gasteiger partial charge < -0.3 is 10.1 Å². The van der Waals surface area contributed by atoms with E-state index < -0.39 is 0 Å². The normalized spacial score (nSPS) is 10.5. The molecule has 134 valence electrons. The number of carbonyl (C=O) groups is 2. The summed E-state index contributed by atoms with van der Waals surface area (Å²) in [7, 11) is 1.63. The van der Waals surface area contributed by atoms with E-state index in [9.17, 15) is 9.59 Å². The van der Waals surface area contributed by atoms with Gasteiger partial charge in [0.15, 0.2) is 0 Å². The molecule has 4 nitrogen and oxygen atoms in total. The van der Waals surface area contributed by atoms with E-state index in [-0.39, 0.29) is 11.7 Å². The fourth-order valence-electron chi connectivity index (χ4n) is 2.46. The van der Waals surface area contributed by atoms with Gasteiger partial charge in [0, 0.05) is 22.2 Å². The first kappa shape index (κ1) is 18.4. The van der Waals surface area contributed by atoms with Gasteiger partial charge in [-0.15, -0.1) is 11.3 Å². The highest BCUT2D eigenvalue weighted by Crippen LogP contribution is 2.21. The van der Waals surface area contributed by atoms with E-state index in [1.165, 1.54) is 22.7 Å². The van der Waals surface area contributed by atoms with Gasteiger partial charge in [0.1, 0.15) is 5.75 Å². The van der Waals surface area contributed by atoms with Gasteiger partial charge in [-0.25, -0.2) is 0 Å². The predicted molar refractivity (Wildman–Crippen MR) is 105 cm³/mol. The molecule has 0 aliphatic carbocycles. The second kappa shape index (κ2) is 8.78. The van der Waals surface area contributed by atoms with Crippen LogP contribution in [0.5, 0.6) is 5.75 Å². The van der Waals surface area contributed by atoms with Crippen LogP contribution in [0, 0.1) is 0 Å². The molecule has 1 N–H and O–H groups in total. The Morgan fingerprint density at radius 1 is 1.08 bits per heavy atom. The van der Waals surface area contributed by atoms with Crippen LogP contribution in [-0.2, 0) is 17.8 Å². The van der Waals surface area contributed by atoms with Crippen LogP contribution in [0.4, 0.5) is 0 Å². The molecule has 0 unspecified atom stereocenters. The lowest BCUT2D eigenvalue weighted by Crippen LogP contribution is -2.22. The molecule has 26 heavy (non-hydrogen) atoms. The van der Waals surface area contributed by atoms with E-state index in [4.69, 9.17) is 4.74 Å². The van der Waals surface area contributed by atoms with Crippen molar-refractivity contribution in [3.63, 3.8) is 0 Å². The van der Waals surface area contributed by atoms with Crippen molar-refractivity contribution in [1.82, 2.24) is 5.32 Å². The first-order valence-corrected chi connectivity index (χ1v) is 9.97. The van der Waals surface area contributed by atoms with E-state index in [0.29, 0.717) is 29.8 Å². The molecule has 0 spiro atoms. The van der Waals surface area contributed by atoms with Crippen molar-refractivity contribution < 1.29 is 14.3 Å². The van der Waals surface area contributed by atoms with Crippen LogP contribution in [0.1, 0.15) is 32.1 Å². The van der Waals surface area contributed by atoms with E-state index >= 15 is 0 Å². The highest BCUT2D eigenvalue weighted by molar-refractivity contribution is 7.14. The molecular weight excluding hydrogens is 366 g/mol. The molecule has 1 aromatic carbocycles. The highest BCUT2D eigenvalue weighted by Gasteiger charge is 2.12. The molecule has 0 aliphatic heterocycles. The van der Waals surface area contributed by atoms with Crippen molar-refractivity contribution in [2.75, 3.05) is 7.11 Å². The van der Waals surface area contributed by atoms with E-state index in [0.717, 1.165) is 16.2 Å². The SMILES string of the molecule is COc1ccc(CCC(=O)NCc2ccc(C(=O)c3ccsc3)s2)cc1. The maximum absolute atomic E-state index is 12.3. The maximum Gasteiger partial charge on any atom is 0.220 e. The minimum atomic E-state index is -0.0000656. The molecule has 1 amide bonds. The summed E-state index contributed by atoms with van der Waals surface area (Å²) in [6.07, 6.45) is 1.11. The fourth-order valence-corrected chi connectivity index (χ4v) is 4.00. The van der Waals surface area contributed by atoms with Crippen LogP contribution in [-0.4, -0.2) is 18.8 Å². The molecule has 0 saturated heterocycles. The van der Waals surface area contributed by atoms with Crippen LogP contribution < -0.4 is 10.1 Å². The third kappa shape index (κ3) is 4.80. The molecule has 2 heterocycles. The Morgan fingerprint density at radius 2 is 1.88 bits per heavy atom. The Hall–Kier alpha value is -2.44. The monoisotopic (exact) mass is 385 g/mol. The first-order chi connectivity index (χ1) is 12.7. The van der Waals surface area contributed by atoms with E-state index in [1.54, 1.807) is 7.11 Å². The number of carbonyl (C=O) groups excluding carboxylic acids is 2. The summed E-state index contributed by atoms with van der Waals surface area (Å²) in [5.74, 6) is 0.844. The molecule has 3 rings (SSSR count). The number of ether oxygens (including phenoxy) is 1. The number of amides is 1. The van der Waals surface area contributed by atoms with E-state index in [2.05, 4.69) is 5.32 Å². The molecule has 2 aromatic heterocycles. The number of aryl methyl sites for hydroxylation is 1. The summed E-state index contributed by atoms with van der Waals surface area (Å²) in [4.78, 5) is 26.0. The van der Waals surface area contributed by atoms with Crippen molar-refractivity contribution in [1.29, 1.82) is 0 Å². The number of ketones is 1. The molecule has 0 saturated carbocycles. The Kier molecular flexibility index (Phi) is 6.20. The van der Waals surface area contributed by atoms with Gasteiger partial charge >= 0.3 is 0 Å². The number of hydrogen-bond acceptors (Lipinski definition) is 5. The molecule has 6 heteroatoms.